The fourth-order valence-electron chi connectivity index (χ4n) is 9.65. The molecule has 22 heteroatoms. The minimum atomic E-state index is -1.64. The third-order valence-electron chi connectivity index (χ3n) is 14.6. The highest BCUT2D eigenvalue weighted by molar-refractivity contribution is 6.00. The summed E-state index contributed by atoms with van der Waals surface area (Å²) in [4.78, 5) is 139. The van der Waals surface area contributed by atoms with Gasteiger partial charge in [0.25, 0.3) is 0 Å². The number of aliphatic hydroxyl groups excluding tert-OH is 1. The van der Waals surface area contributed by atoms with Crippen LogP contribution in [-0.2, 0) is 47.9 Å². The number of carbonyl (C=O) groups excluding carboxylic acids is 10. The molecule has 82 heavy (non-hydrogen) atoms. The molecule has 1 rings (SSSR count). The predicted molar refractivity (Wildman–Crippen MR) is 319 cm³/mol. The fourth-order valence-corrected chi connectivity index (χ4v) is 9.65. The van der Waals surface area contributed by atoms with Crippen LogP contribution >= 0.6 is 0 Å². The van der Waals surface area contributed by atoms with Gasteiger partial charge in [-0.3, -0.25) is 47.9 Å². The Hall–Kier alpha value is -5.38. The van der Waals surface area contributed by atoms with Gasteiger partial charge >= 0.3 is 0 Å². The number of amides is 10. The Morgan fingerprint density at radius 1 is 0.524 bits per heavy atom. The number of nitrogens with one attached hydrogen (secondary N) is 10. The highest BCUT2D eigenvalue weighted by Gasteiger charge is 2.42. The molecule has 0 spiro atoms. The number of nitrogens with zero attached hydrogens (tertiary/aromatic N) is 1. The molecule has 1 fully saturated rings. The van der Waals surface area contributed by atoms with Crippen LogP contribution in [-0.4, -0.2) is 155 Å². The van der Waals surface area contributed by atoms with Crippen LogP contribution in [0.25, 0.3) is 0 Å². The molecule has 472 valence electrons. The standard InChI is InChI=1S/C60H111N11O11/c1-16-19-21-23-27-41(8)37-46(67-56(81)59(12,13)70-57(82)60(14,15)68-52(77)43(28-24-22-20-17-2)64-54(79)47-29-25-33-71(47)49(74)26-18-3)51(76)65-45(36-40(6)7)53(78)69-58(10,11)55(80)66-44(35-39(4)5)50(75)62-31-30-48(73)63-42(9)38-61-32-34-72/h39-47,61,72H,16-38H2,1-15H3,(H,62,75)(H,63,73)(H,64,79)(H,65,76)(H,66,80)(H,67,81)(H,68,77)(H,69,78)(H,70,82)/t41-,42+,43+,44+,45+,46+,47+/m1/s1. The van der Waals surface area contributed by atoms with Gasteiger partial charge in [-0.05, 0) is 111 Å². The molecule has 11 N–H and O–H groups in total. The number of hydrogen-bond acceptors (Lipinski definition) is 12. The zero-order valence-corrected chi connectivity index (χ0v) is 52.9. The van der Waals surface area contributed by atoms with E-state index in [4.69, 9.17) is 5.11 Å². The summed E-state index contributed by atoms with van der Waals surface area (Å²) in [5.74, 6) is -5.47. The molecule has 1 saturated heterocycles. The van der Waals surface area contributed by atoms with Gasteiger partial charge in [-0.2, -0.15) is 0 Å². The van der Waals surface area contributed by atoms with Crippen molar-refractivity contribution >= 4 is 59.1 Å². The molecular formula is C60H111N11O11. The second kappa shape index (κ2) is 37.7. The average Bonchev–Trinajstić information content (AvgIpc) is 3.91. The lowest BCUT2D eigenvalue weighted by molar-refractivity contribution is -0.141. The lowest BCUT2D eigenvalue weighted by Gasteiger charge is -2.34. The van der Waals surface area contributed by atoms with Crippen molar-refractivity contribution < 1.29 is 53.1 Å². The summed E-state index contributed by atoms with van der Waals surface area (Å²) in [6.07, 6.45) is 11.1. The number of aliphatic hydroxyl groups is 1. The molecule has 0 saturated carbocycles. The van der Waals surface area contributed by atoms with Gasteiger partial charge in [-0.15, -0.1) is 0 Å². The molecule has 0 unspecified atom stereocenters. The normalized spacial score (nSPS) is 16.0. The molecule has 22 nitrogen and oxygen atoms in total. The van der Waals surface area contributed by atoms with E-state index < -0.39 is 94.1 Å². The van der Waals surface area contributed by atoms with E-state index in [2.05, 4.69) is 67.0 Å². The van der Waals surface area contributed by atoms with Gasteiger partial charge in [0.2, 0.25) is 59.1 Å². The lowest BCUT2D eigenvalue weighted by Crippen LogP contribution is -2.66. The zero-order chi connectivity index (χ0) is 62.4. The number of unbranched alkanes of at least 4 members (excludes halogenated alkanes) is 6. The molecule has 0 radical (unpaired) electrons. The van der Waals surface area contributed by atoms with Crippen molar-refractivity contribution in [2.75, 3.05) is 32.8 Å². The monoisotopic (exact) mass is 1160 g/mol. The van der Waals surface area contributed by atoms with Crippen LogP contribution in [0.2, 0.25) is 0 Å². The van der Waals surface area contributed by atoms with Crippen LogP contribution in [0.5, 0.6) is 0 Å². The van der Waals surface area contributed by atoms with Crippen LogP contribution in [0.1, 0.15) is 219 Å². The Morgan fingerprint density at radius 3 is 1.57 bits per heavy atom. The first-order chi connectivity index (χ1) is 38.3. The maximum absolute atomic E-state index is 14.5. The summed E-state index contributed by atoms with van der Waals surface area (Å²) in [6, 6.07) is -5.23. The summed E-state index contributed by atoms with van der Waals surface area (Å²) < 4.78 is 0. The van der Waals surface area contributed by atoms with E-state index in [1.54, 1.807) is 4.90 Å². The number of rotatable bonds is 41. The van der Waals surface area contributed by atoms with Crippen LogP contribution in [0.3, 0.4) is 0 Å². The van der Waals surface area contributed by atoms with E-state index in [0.717, 1.165) is 51.4 Å². The summed E-state index contributed by atoms with van der Waals surface area (Å²) in [6.45, 7) is 27.6. The van der Waals surface area contributed by atoms with Gasteiger partial charge in [0.15, 0.2) is 0 Å². The van der Waals surface area contributed by atoms with Crippen LogP contribution in [0.4, 0.5) is 0 Å². The Bertz CT molecular complexity index is 2050. The smallest absolute Gasteiger partial charge is 0.246 e. The van der Waals surface area contributed by atoms with Gasteiger partial charge in [0, 0.05) is 45.1 Å². The molecule has 1 heterocycles. The molecule has 0 aromatic heterocycles. The SMILES string of the molecule is CCCCCC[C@@H](C)C[C@H](NC(=O)C(C)(C)NC(=O)C(C)(C)NC(=O)[C@H](CCCCCC)NC(=O)[C@@H]1CCCN1C(=O)CCC)C(=O)N[C@@H](CC(C)C)C(=O)NC(C)(C)C(=O)N[C@@H](CC(C)C)C(=O)NCCC(=O)N[C@@H](C)CNCCO. The van der Waals surface area contributed by atoms with Gasteiger partial charge in [0.05, 0.1) is 6.61 Å². The van der Waals surface area contributed by atoms with Crippen LogP contribution < -0.4 is 53.2 Å². The van der Waals surface area contributed by atoms with Gasteiger partial charge in [-0.25, -0.2) is 0 Å². The van der Waals surface area contributed by atoms with Crippen molar-refractivity contribution in [3.05, 3.63) is 0 Å². The highest BCUT2D eigenvalue weighted by Crippen LogP contribution is 2.22. The molecule has 1 aliphatic heterocycles. The lowest BCUT2D eigenvalue weighted by atomic mass is 9.93. The first kappa shape index (κ1) is 74.6. The van der Waals surface area contributed by atoms with Crippen molar-refractivity contribution in [2.45, 2.75) is 272 Å². The second-order valence-corrected chi connectivity index (χ2v) is 25.2. The molecular weight excluding hydrogens is 1050 g/mol. The van der Waals surface area contributed by atoms with Crippen molar-refractivity contribution in [1.29, 1.82) is 0 Å². The Balaban J connectivity index is 3.33. The predicted octanol–water partition coefficient (Wildman–Crippen LogP) is 4.05. The molecule has 7 atom stereocenters. The number of likely N-dealkylation sites (tertiary alicyclic amines) is 1. The first-order valence-electron chi connectivity index (χ1n) is 30.7. The number of hydrogen-bond donors (Lipinski definition) is 11. The van der Waals surface area contributed by atoms with Gasteiger partial charge < -0.3 is 63.2 Å². The molecule has 0 bridgehead atoms. The molecule has 0 aliphatic carbocycles. The zero-order valence-electron chi connectivity index (χ0n) is 52.9. The highest BCUT2D eigenvalue weighted by atomic mass is 16.3. The molecule has 0 aromatic carbocycles. The third kappa shape index (κ3) is 28.3. The van der Waals surface area contributed by atoms with Crippen molar-refractivity contribution in [3.8, 4) is 0 Å². The largest absolute Gasteiger partial charge is 0.395 e. The third-order valence-corrected chi connectivity index (χ3v) is 14.6. The van der Waals surface area contributed by atoms with E-state index in [9.17, 15) is 47.9 Å². The van der Waals surface area contributed by atoms with Crippen molar-refractivity contribution in [3.63, 3.8) is 0 Å². The Kier molecular flexibility index (Phi) is 34.4. The number of carbonyl (C=O) groups is 10. The average molecular weight is 1160 g/mol. The molecule has 0 aromatic rings. The van der Waals surface area contributed by atoms with E-state index in [0.29, 0.717) is 58.2 Å². The van der Waals surface area contributed by atoms with Crippen molar-refractivity contribution in [2.24, 2.45) is 17.8 Å². The summed E-state index contributed by atoms with van der Waals surface area (Å²) in [7, 11) is 0. The Labute approximate surface area is 491 Å². The Morgan fingerprint density at radius 2 is 1.04 bits per heavy atom. The fraction of sp³-hybridized carbons (Fsp3) is 0.833. The summed E-state index contributed by atoms with van der Waals surface area (Å²) >= 11 is 0. The van der Waals surface area contributed by atoms with Gasteiger partial charge in [-0.1, -0.05) is 113 Å². The van der Waals surface area contributed by atoms with E-state index >= 15 is 0 Å². The summed E-state index contributed by atoms with van der Waals surface area (Å²) in [5.41, 5.74) is -4.82. The van der Waals surface area contributed by atoms with E-state index in [1.165, 1.54) is 41.5 Å². The van der Waals surface area contributed by atoms with Crippen molar-refractivity contribution in [1.82, 2.24) is 58.1 Å². The maximum atomic E-state index is 14.5. The van der Waals surface area contributed by atoms with E-state index in [1.807, 2.05) is 48.5 Å². The van der Waals surface area contributed by atoms with Crippen LogP contribution in [0, 0.1) is 17.8 Å². The topological polar surface area (TPSA) is 314 Å². The second-order valence-electron chi connectivity index (χ2n) is 25.2. The minimum absolute atomic E-state index is 0.00533. The quantitative estimate of drug-likeness (QED) is 0.0387. The van der Waals surface area contributed by atoms with E-state index in [-0.39, 0.29) is 74.4 Å². The minimum Gasteiger partial charge on any atom is -0.395 e. The molecule has 1 aliphatic rings. The summed E-state index contributed by atoms with van der Waals surface area (Å²) in [5, 5.41) is 37.3. The molecule has 10 amide bonds. The van der Waals surface area contributed by atoms with Gasteiger partial charge in [0.1, 0.15) is 46.8 Å². The maximum Gasteiger partial charge on any atom is 0.246 e. The first-order valence-corrected chi connectivity index (χ1v) is 30.7. The van der Waals surface area contributed by atoms with Crippen LogP contribution in [0.15, 0.2) is 0 Å².